The maximum atomic E-state index is 10.5. The quantitative estimate of drug-likeness (QED) is 0.712. The number of carboxylic acid groups (broad SMARTS) is 1. The molecule has 1 aromatic carbocycles. The van der Waals surface area contributed by atoms with Gasteiger partial charge in [-0.2, -0.15) is 0 Å². The Kier molecular flexibility index (Phi) is 6.04. The molecule has 1 unspecified atom stereocenters. The first-order chi connectivity index (χ1) is 5.22. The van der Waals surface area contributed by atoms with E-state index in [0.717, 1.165) is 5.56 Å². The summed E-state index contributed by atoms with van der Waals surface area (Å²) in [6, 6.07) is 9.19. The number of carbonyl (C=O) groups is 1. The monoisotopic (exact) mass is 190 g/mol. The van der Waals surface area contributed by atoms with Crippen molar-refractivity contribution < 1.29 is 9.90 Å². The molecular weight excluding hydrogens is 179 g/mol. The predicted molar refractivity (Wildman–Crippen MR) is 49.6 cm³/mol. The second-order valence-electron chi connectivity index (χ2n) is 2.47. The third-order valence-corrected chi connectivity index (χ3v) is 1.67. The fourth-order valence-electron chi connectivity index (χ4n) is 0.884. The van der Waals surface area contributed by atoms with Crippen molar-refractivity contribution in [2.75, 3.05) is 0 Å². The van der Waals surface area contributed by atoms with Crippen molar-refractivity contribution in [1.82, 2.24) is 0 Å². The zero-order chi connectivity index (χ0) is 8.27. The minimum absolute atomic E-state index is 0. The molecule has 3 heteroatoms. The Morgan fingerprint density at radius 2 is 1.83 bits per heavy atom. The molecular formula is C9H11KO2. The number of hydrogen-bond acceptors (Lipinski definition) is 1. The Morgan fingerprint density at radius 1 is 1.33 bits per heavy atom. The number of benzene rings is 1. The summed E-state index contributed by atoms with van der Waals surface area (Å²) in [7, 11) is 0. The molecule has 0 spiro atoms. The van der Waals surface area contributed by atoms with Crippen molar-refractivity contribution in [3.05, 3.63) is 35.9 Å². The van der Waals surface area contributed by atoms with E-state index in [1.807, 2.05) is 30.3 Å². The van der Waals surface area contributed by atoms with Crippen molar-refractivity contribution >= 4 is 57.4 Å². The molecule has 1 aromatic rings. The average Bonchev–Trinajstić information content (AvgIpc) is 2.05. The first-order valence-corrected chi connectivity index (χ1v) is 3.49. The Labute approximate surface area is 114 Å². The fourth-order valence-corrected chi connectivity index (χ4v) is 0.884. The van der Waals surface area contributed by atoms with Crippen LogP contribution in [0.3, 0.4) is 0 Å². The van der Waals surface area contributed by atoms with Crippen LogP contribution in [0.15, 0.2) is 30.3 Å². The van der Waals surface area contributed by atoms with E-state index in [1.165, 1.54) is 0 Å². The molecule has 0 saturated heterocycles. The van der Waals surface area contributed by atoms with Gasteiger partial charge in [0.05, 0.1) is 5.92 Å². The summed E-state index contributed by atoms with van der Waals surface area (Å²) >= 11 is 0. The molecule has 0 aliphatic rings. The van der Waals surface area contributed by atoms with E-state index >= 15 is 0 Å². The van der Waals surface area contributed by atoms with E-state index in [-0.39, 0.29) is 51.4 Å². The molecule has 1 rings (SSSR count). The van der Waals surface area contributed by atoms with Crippen molar-refractivity contribution in [2.24, 2.45) is 0 Å². The van der Waals surface area contributed by atoms with Crippen LogP contribution in [0.1, 0.15) is 18.4 Å². The molecule has 0 aliphatic carbocycles. The first kappa shape index (κ1) is 12.3. The van der Waals surface area contributed by atoms with Crippen molar-refractivity contribution in [3.8, 4) is 0 Å². The molecule has 0 heterocycles. The van der Waals surface area contributed by atoms with Gasteiger partial charge in [0.2, 0.25) is 0 Å². The molecule has 0 bridgehead atoms. The molecule has 0 saturated carbocycles. The third-order valence-electron chi connectivity index (χ3n) is 1.67. The Morgan fingerprint density at radius 3 is 2.25 bits per heavy atom. The molecule has 0 fully saturated rings. The molecule has 0 amide bonds. The summed E-state index contributed by atoms with van der Waals surface area (Å²) in [6.07, 6.45) is 0. The maximum absolute atomic E-state index is 10.5. The van der Waals surface area contributed by atoms with Crippen molar-refractivity contribution in [3.63, 3.8) is 0 Å². The van der Waals surface area contributed by atoms with Gasteiger partial charge in [0.1, 0.15) is 0 Å². The molecule has 0 radical (unpaired) electrons. The van der Waals surface area contributed by atoms with Gasteiger partial charge in [-0.3, -0.25) is 4.79 Å². The number of hydrogen-bond donors (Lipinski definition) is 1. The third kappa shape index (κ3) is 3.37. The summed E-state index contributed by atoms with van der Waals surface area (Å²) < 4.78 is 0. The Bertz CT molecular complexity index is 246. The first-order valence-electron chi connectivity index (χ1n) is 3.49. The Balaban J connectivity index is 0.00000121. The summed E-state index contributed by atoms with van der Waals surface area (Å²) in [6.45, 7) is 1.68. The van der Waals surface area contributed by atoms with Crippen LogP contribution in [-0.2, 0) is 4.79 Å². The van der Waals surface area contributed by atoms with E-state index in [0.29, 0.717) is 0 Å². The van der Waals surface area contributed by atoms with Gasteiger partial charge < -0.3 is 5.11 Å². The van der Waals surface area contributed by atoms with Crippen LogP contribution < -0.4 is 0 Å². The number of rotatable bonds is 2. The van der Waals surface area contributed by atoms with Gasteiger partial charge in [-0.15, -0.1) is 0 Å². The standard InChI is InChI=1S/C9H10O2.K.H/c1-7(9(10)11)8-5-3-2-4-6-8;;/h2-7H,1H3,(H,10,11);;. The second kappa shape index (κ2) is 5.88. The molecule has 0 aromatic heterocycles. The van der Waals surface area contributed by atoms with Crippen LogP contribution in [0.5, 0.6) is 0 Å². The Hall–Kier alpha value is 0.326. The van der Waals surface area contributed by atoms with Crippen LogP contribution in [0.2, 0.25) is 0 Å². The van der Waals surface area contributed by atoms with E-state index < -0.39 is 11.9 Å². The van der Waals surface area contributed by atoms with Crippen LogP contribution in [0.4, 0.5) is 0 Å². The molecule has 60 valence electrons. The van der Waals surface area contributed by atoms with Gasteiger partial charge in [-0.25, -0.2) is 0 Å². The fraction of sp³-hybridized carbons (Fsp3) is 0.222. The predicted octanol–water partition coefficient (Wildman–Crippen LogP) is 1.23. The number of aliphatic carboxylic acids is 1. The molecule has 1 atom stereocenters. The van der Waals surface area contributed by atoms with Gasteiger partial charge in [-0.05, 0) is 12.5 Å². The van der Waals surface area contributed by atoms with Gasteiger partial charge in [0.15, 0.2) is 0 Å². The van der Waals surface area contributed by atoms with Gasteiger partial charge in [-0.1, -0.05) is 30.3 Å². The van der Waals surface area contributed by atoms with Gasteiger partial charge in [0, 0.05) is 0 Å². The van der Waals surface area contributed by atoms with Crippen LogP contribution in [-0.4, -0.2) is 62.5 Å². The van der Waals surface area contributed by atoms with Crippen molar-refractivity contribution in [2.45, 2.75) is 12.8 Å². The zero-order valence-corrected chi connectivity index (χ0v) is 6.32. The second-order valence-corrected chi connectivity index (χ2v) is 2.47. The van der Waals surface area contributed by atoms with Crippen LogP contribution >= 0.6 is 0 Å². The SMILES string of the molecule is CC(C(=O)O)c1ccccc1.[KH]. The minimum atomic E-state index is -0.781. The van der Waals surface area contributed by atoms with Gasteiger partial charge >= 0.3 is 57.4 Å². The van der Waals surface area contributed by atoms with E-state index in [9.17, 15) is 4.79 Å². The summed E-state index contributed by atoms with van der Waals surface area (Å²) in [4.78, 5) is 10.5. The average molecular weight is 190 g/mol. The normalized spacial score (nSPS) is 11.4. The van der Waals surface area contributed by atoms with E-state index in [4.69, 9.17) is 5.11 Å². The molecule has 12 heavy (non-hydrogen) atoms. The van der Waals surface area contributed by atoms with Crippen molar-refractivity contribution in [1.29, 1.82) is 0 Å². The molecule has 0 aliphatic heterocycles. The van der Waals surface area contributed by atoms with E-state index in [1.54, 1.807) is 6.92 Å². The topological polar surface area (TPSA) is 37.3 Å². The van der Waals surface area contributed by atoms with Crippen LogP contribution in [0.25, 0.3) is 0 Å². The summed E-state index contributed by atoms with van der Waals surface area (Å²) in [5.41, 5.74) is 0.847. The summed E-state index contributed by atoms with van der Waals surface area (Å²) in [5, 5.41) is 8.64. The molecule has 2 nitrogen and oxygen atoms in total. The zero-order valence-electron chi connectivity index (χ0n) is 6.32. The summed E-state index contributed by atoms with van der Waals surface area (Å²) in [5.74, 6) is -1.19. The van der Waals surface area contributed by atoms with Crippen LogP contribution in [0, 0.1) is 0 Å². The van der Waals surface area contributed by atoms with E-state index in [2.05, 4.69) is 0 Å². The number of carboxylic acids is 1. The molecule has 1 N–H and O–H groups in total. The van der Waals surface area contributed by atoms with Gasteiger partial charge in [0.25, 0.3) is 0 Å².